The fourth-order valence-corrected chi connectivity index (χ4v) is 4.63. The summed E-state index contributed by atoms with van der Waals surface area (Å²) >= 11 is 1.30. The number of carbonyl (C=O) groups excluding carboxylic acids is 2. The molecule has 0 radical (unpaired) electrons. The molecule has 2 amide bonds. The van der Waals surface area contributed by atoms with Crippen molar-refractivity contribution in [3.8, 4) is 0 Å². The van der Waals surface area contributed by atoms with Crippen LogP contribution in [0.1, 0.15) is 36.1 Å². The molecule has 0 aliphatic carbocycles. The van der Waals surface area contributed by atoms with E-state index in [1.54, 1.807) is 18.2 Å². The zero-order valence-electron chi connectivity index (χ0n) is 20.3. The molecule has 2 N–H and O–H groups in total. The smallest absolute Gasteiger partial charge is 0.251 e. The van der Waals surface area contributed by atoms with Crippen LogP contribution in [-0.2, 0) is 11.3 Å². The number of aromatic nitrogens is 3. The minimum absolute atomic E-state index is 0.0690. The first-order chi connectivity index (χ1) is 17.5. The van der Waals surface area contributed by atoms with E-state index in [0.717, 1.165) is 16.5 Å². The molecule has 0 saturated carbocycles. The molecule has 0 saturated heterocycles. The molecule has 3 aromatic carbocycles. The summed E-state index contributed by atoms with van der Waals surface area (Å²) in [7, 11) is 0. The van der Waals surface area contributed by atoms with E-state index in [2.05, 4.69) is 27.4 Å². The van der Waals surface area contributed by atoms with Gasteiger partial charge in [-0.25, -0.2) is 0 Å². The van der Waals surface area contributed by atoms with E-state index in [1.165, 1.54) is 11.8 Å². The number of thioether (sulfide) groups is 1. The maximum absolute atomic E-state index is 12.8. The van der Waals surface area contributed by atoms with Gasteiger partial charge in [0.25, 0.3) is 5.91 Å². The van der Waals surface area contributed by atoms with Crippen molar-refractivity contribution in [1.82, 2.24) is 20.1 Å². The lowest BCUT2D eigenvalue weighted by Gasteiger charge is -2.22. The van der Waals surface area contributed by atoms with Crippen molar-refractivity contribution in [1.29, 1.82) is 0 Å². The van der Waals surface area contributed by atoms with Crippen LogP contribution in [0, 0.1) is 5.92 Å². The maximum atomic E-state index is 12.8. The van der Waals surface area contributed by atoms with E-state index in [4.69, 9.17) is 0 Å². The lowest BCUT2D eigenvalue weighted by atomic mass is 10.0. The molecule has 0 aliphatic rings. The van der Waals surface area contributed by atoms with E-state index in [-0.39, 0.29) is 29.5 Å². The third-order valence-electron chi connectivity index (χ3n) is 5.69. The first-order valence-corrected chi connectivity index (χ1v) is 12.8. The number of nitrogens with zero attached hydrogens (tertiary/aromatic N) is 3. The largest absolute Gasteiger partial charge is 0.342 e. The van der Waals surface area contributed by atoms with Gasteiger partial charge in [-0.3, -0.25) is 9.59 Å². The lowest BCUT2D eigenvalue weighted by molar-refractivity contribution is -0.113. The topological polar surface area (TPSA) is 88.9 Å². The molecule has 184 valence electrons. The monoisotopic (exact) mass is 499 g/mol. The van der Waals surface area contributed by atoms with Gasteiger partial charge < -0.3 is 15.2 Å². The number of hydrogen-bond acceptors (Lipinski definition) is 5. The average molecular weight is 500 g/mol. The zero-order chi connectivity index (χ0) is 25.5. The fourth-order valence-electron chi connectivity index (χ4n) is 3.88. The molecule has 4 aromatic rings. The Morgan fingerprint density at radius 3 is 2.44 bits per heavy atom. The van der Waals surface area contributed by atoms with Gasteiger partial charge in [0.2, 0.25) is 5.91 Å². The predicted octanol–water partition coefficient (Wildman–Crippen LogP) is 5.48. The molecule has 0 spiro atoms. The molecule has 0 unspecified atom stereocenters. The Morgan fingerprint density at radius 1 is 1.00 bits per heavy atom. The second-order valence-electron chi connectivity index (χ2n) is 8.70. The quantitative estimate of drug-likeness (QED) is 0.223. The molecule has 0 bridgehead atoms. The van der Waals surface area contributed by atoms with Crippen molar-refractivity contribution in [3.05, 3.63) is 96.8 Å². The zero-order valence-corrected chi connectivity index (χ0v) is 21.2. The van der Waals surface area contributed by atoms with Crippen LogP contribution in [0.3, 0.4) is 0 Å². The Kier molecular flexibility index (Phi) is 8.17. The number of anilines is 1. The summed E-state index contributed by atoms with van der Waals surface area (Å²) in [5.74, 6) is 0.561. The summed E-state index contributed by atoms with van der Waals surface area (Å²) in [4.78, 5) is 25.5. The molecule has 1 heterocycles. The van der Waals surface area contributed by atoms with Crippen LogP contribution in [-0.4, -0.2) is 32.3 Å². The van der Waals surface area contributed by atoms with Gasteiger partial charge in [0.15, 0.2) is 11.0 Å². The molecule has 1 aromatic heterocycles. The Bertz CT molecular complexity index is 1370. The normalized spacial score (nSPS) is 11.9. The Morgan fingerprint density at radius 2 is 1.72 bits per heavy atom. The third-order valence-corrected chi connectivity index (χ3v) is 6.66. The molecular weight excluding hydrogens is 470 g/mol. The summed E-state index contributed by atoms with van der Waals surface area (Å²) in [6.07, 6.45) is 1.75. The minimum Gasteiger partial charge on any atom is -0.342 e. The van der Waals surface area contributed by atoms with E-state index in [0.29, 0.717) is 23.1 Å². The van der Waals surface area contributed by atoms with Crippen LogP contribution < -0.4 is 10.6 Å². The van der Waals surface area contributed by atoms with Crippen molar-refractivity contribution >= 4 is 40.0 Å². The van der Waals surface area contributed by atoms with Crippen molar-refractivity contribution < 1.29 is 9.59 Å². The van der Waals surface area contributed by atoms with E-state index < -0.39 is 0 Å². The highest BCUT2D eigenvalue weighted by atomic mass is 32.2. The van der Waals surface area contributed by atoms with Crippen LogP contribution in [0.5, 0.6) is 0 Å². The van der Waals surface area contributed by atoms with Gasteiger partial charge in [-0.15, -0.1) is 16.8 Å². The van der Waals surface area contributed by atoms with Crippen LogP contribution in [0.4, 0.5) is 5.69 Å². The molecule has 0 fully saturated rings. The van der Waals surface area contributed by atoms with Crippen molar-refractivity contribution in [2.75, 3.05) is 11.1 Å². The van der Waals surface area contributed by atoms with Gasteiger partial charge in [0, 0.05) is 17.8 Å². The Hall–Kier alpha value is -3.91. The van der Waals surface area contributed by atoms with Gasteiger partial charge in [-0.1, -0.05) is 80.2 Å². The highest BCUT2D eigenvalue weighted by Gasteiger charge is 2.26. The summed E-state index contributed by atoms with van der Waals surface area (Å²) < 4.78 is 1.90. The average Bonchev–Trinajstić information content (AvgIpc) is 3.28. The van der Waals surface area contributed by atoms with Crippen LogP contribution in [0.25, 0.3) is 10.8 Å². The van der Waals surface area contributed by atoms with Crippen LogP contribution in [0.15, 0.2) is 90.6 Å². The molecular formula is C28H29N5O2S. The molecule has 36 heavy (non-hydrogen) atoms. The fraction of sp³-hybridized carbons (Fsp3) is 0.214. The molecule has 8 heteroatoms. The van der Waals surface area contributed by atoms with Crippen LogP contribution >= 0.6 is 11.8 Å². The molecule has 1 atom stereocenters. The summed E-state index contributed by atoms with van der Waals surface area (Å²) in [5.41, 5.74) is 1.33. The lowest BCUT2D eigenvalue weighted by Crippen LogP contribution is -2.33. The predicted molar refractivity (Wildman–Crippen MR) is 145 cm³/mol. The summed E-state index contributed by atoms with van der Waals surface area (Å²) in [5, 5.41) is 17.6. The number of benzene rings is 3. The van der Waals surface area contributed by atoms with Crippen molar-refractivity contribution in [3.63, 3.8) is 0 Å². The van der Waals surface area contributed by atoms with Crippen LogP contribution in [0.2, 0.25) is 0 Å². The number of amides is 2. The number of rotatable bonds is 10. The second-order valence-corrected chi connectivity index (χ2v) is 9.64. The number of carbonyl (C=O) groups is 2. The number of allylic oxidation sites excluding steroid dienone is 1. The van der Waals surface area contributed by atoms with Gasteiger partial charge in [0.05, 0.1) is 11.8 Å². The summed E-state index contributed by atoms with van der Waals surface area (Å²) in [6.45, 7) is 8.35. The van der Waals surface area contributed by atoms with Crippen molar-refractivity contribution in [2.45, 2.75) is 31.6 Å². The number of hydrogen-bond donors (Lipinski definition) is 2. The Labute approximate surface area is 215 Å². The molecule has 4 rings (SSSR count). The number of fused-ring (bicyclic) bond motifs is 1. The van der Waals surface area contributed by atoms with Gasteiger partial charge >= 0.3 is 0 Å². The Balaban J connectivity index is 1.46. The van der Waals surface area contributed by atoms with Gasteiger partial charge in [0.1, 0.15) is 0 Å². The highest BCUT2D eigenvalue weighted by molar-refractivity contribution is 7.99. The number of nitrogens with one attached hydrogen (secondary N) is 2. The summed E-state index contributed by atoms with van der Waals surface area (Å²) in [6, 6.07) is 22.6. The van der Waals surface area contributed by atoms with Gasteiger partial charge in [-0.2, -0.15) is 0 Å². The molecule has 7 nitrogen and oxygen atoms in total. The maximum Gasteiger partial charge on any atom is 0.251 e. The van der Waals surface area contributed by atoms with Gasteiger partial charge in [-0.05, 0) is 41.0 Å². The SMILES string of the molecule is C=CCn1c(SCC(=O)Nc2ccc3ccccc3c2)nnc1[C@H](NC(=O)c1ccccc1)C(C)C. The third kappa shape index (κ3) is 6.01. The standard InChI is InChI=1S/C28H29N5O2S/c1-4-16-33-26(25(19(2)3)30-27(35)21-11-6-5-7-12-21)31-32-28(33)36-18-24(34)29-23-15-14-20-10-8-9-13-22(20)17-23/h4-15,17,19,25H,1,16,18H2,2-3H3,(H,29,34)(H,30,35)/t25-/m1/s1. The van der Waals surface area contributed by atoms with Crippen molar-refractivity contribution in [2.24, 2.45) is 5.92 Å². The second kappa shape index (κ2) is 11.7. The van der Waals surface area contributed by atoms with E-state index >= 15 is 0 Å². The first kappa shape index (κ1) is 25.2. The molecule has 0 aliphatic heterocycles. The van der Waals surface area contributed by atoms with E-state index in [1.807, 2.05) is 79.1 Å². The first-order valence-electron chi connectivity index (χ1n) is 11.8. The van der Waals surface area contributed by atoms with E-state index in [9.17, 15) is 9.59 Å². The minimum atomic E-state index is -0.356. The highest BCUT2D eigenvalue weighted by Crippen LogP contribution is 2.26.